The zero-order chi connectivity index (χ0) is 15.2. The van der Waals surface area contributed by atoms with Crippen LogP contribution in [0.5, 0.6) is 0 Å². The van der Waals surface area contributed by atoms with Gasteiger partial charge in [0.05, 0.1) is 13.2 Å². The van der Waals surface area contributed by atoms with Gasteiger partial charge in [-0.25, -0.2) is 0 Å². The van der Waals surface area contributed by atoms with E-state index in [-0.39, 0.29) is 6.29 Å². The average molecular weight is 292 g/mol. The highest BCUT2D eigenvalue weighted by atomic mass is 19.4. The monoisotopic (exact) mass is 292 g/mol. The summed E-state index contributed by atoms with van der Waals surface area (Å²) in [5.74, 6) is 0. The molecule has 0 amide bonds. The highest BCUT2D eigenvalue weighted by Gasteiger charge is 2.32. The van der Waals surface area contributed by atoms with E-state index in [1.165, 1.54) is 6.07 Å². The first kappa shape index (κ1) is 16.9. The predicted molar refractivity (Wildman–Crippen MR) is 67.8 cm³/mol. The van der Waals surface area contributed by atoms with Crippen molar-refractivity contribution in [3.63, 3.8) is 0 Å². The van der Waals surface area contributed by atoms with E-state index in [9.17, 15) is 13.2 Å². The van der Waals surface area contributed by atoms with Crippen molar-refractivity contribution in [3.8, 4) is 0 Å². The molecule has 1 atom stereocenters. The molecule has 2 rings (SSSR count). The fraction of sp³-hybridized carbons (Fsp3) is 0.615. The van der Waals surface area contributed by atoms with E-state index in [0.29, 0.717) is 25.2 Å². The third kappa shape index (κ3) is 4.73. The lowest BCUT2D eigenvalue weighted by molar-refractivity contribution is -0.141. The lowest BCUT2D eigenvalue weighted by atomic mass is 10.1. The highest BCUT2D eigenvalue weighted by Crippen LogP contribution is 2.28. The fourth-order valence-corrected chi connectivity index (χ4v) is 1.68. The molecule has 1 aliphatic heterocycles. The lowest BCUT2D eigenvalue weighted by Gasteiger charge is -2.16. The summed E-state index contributed by atoms with van der Waals surface area (Å²) in [4.78, 5) is 3.36. The number of aromatic nitrogens is 1. The van der Waals surface area contributed by atoms with Crippen LogP contribution in [0, 0.1) is 0 Å². The minimum atomic E-state index is -4.43. The van der Waals surface area contributed by atoms with Gasteiger partial charge in [0.2, 0.25) is 0 Å². The number of halogens is 3. The normalized spacial score (nSPS) is 17.5. The zero-order valence-electron chi connectivity index (χ0n) is 11.5. The van der Waals surface area contributed by atoms with Gasteiger partial charge in [0.25, 0.3) is 0 Å². The Morgan fingerprint density at radius 2 is 1.90 bits per heavy atom. The van der Waals surface area contributed by atoms with Crippen molar-refractivity contribution in [2.45, 2.75) is 38.8 Å². The van der Waals surface area contributed by atoms with Crippen molar-refractivity contribution >= 4 is 0 Å². The smallest absolute Gasteiger partial charge is 0.350 e. The van der Waals surface area contributed by atoms with Crippen LogP contribution in [0.3, 0.4) is 0 Å². The third-order valence-electron chi connectivity index (χ3n) is 2.64. The molecule has 0 aliphatic carbocycles. The highest BCUT2D eigenvalue weighted by molar-refractivity contribution is 5.19. The van der Waals surface area contributed by atoms with Crippen LogP contribution in [0.15, 0.2) is 18.3 Å². The van der Waals surface area contributed by atoms with E-state index in [1.54, 1.807) is 0 Å². The van der Waals surface area contributed by atoms with Gasteiger partial charge in [0, 0.05) is 18.7 Å². The standard InChI is InChI=1S/C11H13F3N2O2.C2H6/c12-11(13,14)9-2-1-7(6-16-9)8(15)5-10-17-3-4-18-10;1-2/h1-2,6,8,10H,3-5,15H2;1-2H3. The summed E-state index contributed by atoms with van der Waals surface area (Å²) in [6.07, 6.45) is -3.28. The Balaban J connectivity index is 0.000000956. The van der Waals surface area contributed by atoms with E-state index >= 15 is 0 Å². The minimum absolute atomic E-state index is 0.387. The summed E-state index contributed by atoms with van der Waals surface area (Å²) in [6.45, 7) is 5.03. The molecule has 1 unspecified atom stereocenters. The first-order valence-corrected chi connectivity index (χ1v) is 6.49. The number of nitrogens with zero attached hydrogens (tertiary/aromatic N) is 1. The number of rotatable bonds is 3. The van der Waals surface area contributed by atoms with Gasteiger partial charge in [0.1, 0.15) is 5.69 Å². The quantitative estimate of drug-likeness (QED) is 0.930. The van der Waals surface area contributed by atoms with Crippen molar-refractivity contribution < 1.29 is 22.6 Å². The Labute approximate surface area is 116 Å². The minimum Gasteiger partial charge on any atom is -0.350 e. The summed E-state index contributed by atoms with van der Waals surface area (Å²) in [7, 11) is 0. The summed E-state index contributed by atoms with van der Waals surface area (Å²) >= 11 is 0. The van der Waals surface area contributed by atoms with E-state index < -0.39 is 17.9 Å². The second-order valence-corrected chi connectivity index (χ2v) is 3.99. The van der Waals surface area contributed by atoms with E-state index in [2.05, 4.69) is 4.98 Å². The molecule has 0 aromatic carbocycles. The van der Waals surface area contributed by atoms with Gasteiger partial charge in [-0.15, -0.1) is 0 Å². The lowest BCUT2D eigenvalue weighted by Crippen LogP contribution is -2.20. The van der Waals surface area contributed by atoms with Gasteiger partial charge in [-0.1, -0.05) is 19.9 Å². The SMILES string of the molecule is CC.NC(CC1OCCO1)c1ccc(C(F)(F)F)nc1. The first-order valence-electron chi connectivity index (χ1n) is 6.49. The molecule has 20 heavy (non-hydrogen) atoms. The van der Waals surface area contributed by atoms with E-state index in [4.69, 9.17) is 15.2 Å². The number of ether oxygens (including phenoxy) is 2. The largest absolute Gasteiger partial charge is 0.433 e. The number of alkyl halides is 3. The van der Waals surface area contributed by atoms with Gasteiger partial charge >= 0.3 is 6.18 Å². The molecule has 0 bridgehead atoms. The van der Waals surface area contributed by atoms with Crippen molar-refractivity contribution in [2.75, 3.05) is 13.2 Å². The number of pyridine rings is 1. The molecule has 1 aromatic heterocycles. The van der Waals surface area contributed by atoms with Gasteiger partial charge in [-0.3, -0.25) is 4.98 Å². The summed E-state index contributed by atoms with van der Waals surface area (Å²) in [5, 5.41) is 0. The molecular weight excluding hydrogens is 273 g/mol. The maximum absolute atomic E-state index is 12.3. The molecule has 1 aliphatic rings. The molecule has 2 N–H and O–H groups in total. The predicted octanol–water partition coefficient (Wildman–Crippen LogP) is 2.89. The van der Waals surface area contributed by atoms with Crippen molar-refractivity contribution in [1.82, 2.24) is 4.98 Å². The molecule has 0 spiro atoms. The Kier molecular flexibility index (Phi) is 6.38. The zero-order valence-corrected chi connectivity index (χ0v) is 11.5. The molecule has 4 nitrogen and oxygen atoms in total. The Bertz CT molecular complexity index is 390. The van der Waals surface area contributed by atoms with Gasteiger partial charge in [-0.05, 0) is 11.6 Å². The molecule has 0 radical (unpaired) electrons. The molecule has 7 heteroatoms. The molecule has 0 saturated carbocycles. The average Bonchev–Trinajstić information content (AvgIpc) is 2.93. The first-order chi connectivity index (χ1) is 9.47. The van der Waals surface area contributed by atoms with E-state index in [1.807, 2.05) is 13.8 Å². The second kappa shape index (κ2) is 7.56. The van der Waals surface area contributed by atoms with Gasteiger partial charge < -0.3 is 15.2 Å². The fourth-order valence-electron chi connectivity index (χ4n) is 1.68. The van der Waals surface area contributed by atoms with Crippen LogP contribution in [0.1, 0.15) is 37.6 Å². The second-order valence-electron chi connectivity index (χ2n) is 3.99. The van der Waals surface area contributed by atoms with Crippen LogP contribution >= 0.6 is 0 Å². The number of hydrogen-bond acceptors (Lipinski definition) is 4. The Morgan fingerprint density at radius 3 is 2.35 bits per heavy atom. The van der Waals surface area contributed by atoms with Crippen LogP contribution < -0.4 is 5.73 Å². The van der Waals surface area contributed by atoms with Crippen LogP contribution in [-0.4, -0.2) is 24.5 Å². The summed E-state index contributed by atoms with van der Waals surface area (Å²) < 4.78 is 47.4. The molecule has 1 saturated heterocycles. The summed E-state index contributed by atoms with van der Waals surface area (Å²) in [5.41, 5.74) is 5.46. The molecule has 1 fully saturated rings. The van der Waals surface area contributed by atoms with Gasteiger partial charge in [-0.2, -0.15) is 13.2 Å². The maximum Gasteiger partial charge on any atom is 0.433 e. The Hall–Kier alpha value is -1.18. The van der Waals surface area contributed by atoms with Crippen molar-refractivity contribution in [1.29, 1.82) is 0 Å². The Morgan fingerprint density at radius 1 is 1.30 bits per heavy atom. The van der Waals surface area contributed by atoms with Crippen LogP contribution in [-0.2, 0) is 15.7 Å². The van der Waals surface area contributed by atoms with E-state index in [0.717, 1.165) is 12.3 Å². The third-order valence-corrected chi connectivity index (χ3v) is 2.64. The van der Waals surface area contributed by atoms with Crippen molar-refractivity contribution in [2.24, 2.45) is 5.73 Å². The molecule has 2 heterocycles. The van der Waals surface area contributed by atoms with Crippen LogP contribution in [0.4, 0.5) is 13.2 Å². The van der Waals surface area contributed by atoms with Gasteiger partial charge in [0.15, 0.2) is 6.29 Å². The summed E-state index contributed by atoms with van der Waals surface area (Å²) in [6, 6.07) is 1.80. The molecule has 1 aromatic rings. The molecular formula is C13H19F3N2O2. The van der Waals surface area contributed by atoms with Crippen LogP contribution in [0.2, 0.25) is 0 Å². The topological polar surface area (TPSA) is 57.4 Å². The number of hydrogen-bond donors (Lipinski definition) is 1. The number of nitrogens with two attached hydrogens (primary N) is 1. The molecule has 114 valence electrons. The maximum atomic E-state index is 12.3. The van der Waals surface area contributed by atoms with Crippen molar-refractivity contribution in [3.05, 3.63) is 29.6 Å². The van der Waals surface area contributed by atoms with Crippen LogP contribution in [0.25, 0.3) is 0 Å².